The molecule has 0 bridgehead atoms. The topological polar surface area (TPSA) is 66.4 Å². The van der Waals surface area contributed by atoms with Gasteiger partial charge in [0.15, 0.2) is 0 Å². The van der Waals surface area contributed by atoms with Gasteiger partial charge in [-0.1, -0.05) is 0 Å². The van der Waals surface area contributed by atoms with Crippen molar-refractivity contribution in [3.63, 3.8) is 0 Å². The molecule has 1 unspecified atom stereocenters. The van der Waals surface area contributed by atoms with Crippen molar-refractivity contribution in [2.45, 2.75) is 12.3 Å². The monoisotopic (exact) mass is 227 g/mol. The first kappa shape index (κ1) is 11.5. The van der Waals surface area contributed by atoms with Crippen LogP contribution in [0.5, 0.6) is 5.75 Å². The summed E-state index contributed by atoms with van der Waals surface area (Å²) in [5, 5.41) is 11.1. The lowest BCUT2D eigenvalue weighted by atomic mass is 10.2. The van der Waals surface area contributed by atoms with Crippen molar-refractivity contribution in [3.05, 3.63) is 23.8 Å². The van der Waals surface area contributed by atoms with E-state index in [1.54, 1.807) is 0 Å². The van der Waals surface area contributed by atoms with E-state index < -0.39 is 11.3 Å². The van der Waals surface area contributed by atoms with E-state index in [0.29, 0.717) is 11.8 Å². The molecule has 1 aromatic rings. The van der Waals surface area contributed by atoms with Crippen molar-refractivity contribution < 1.29 is 14.7 Å². The number of phenolic OH excluding ortho intramolecular Hbond substituents is 1. The van der Waals surface area contributed by atoms with Crippen LogP contribution in [-0.2, 0) is 4.79 Å². The summed E-state index contributed by atoms with van der Waals surface area (Å²) >= 11 is 5.54. The third-order valence-electron chi connectivity index (χ3n) is 1.78. The van der Waals surface area contributed by atoms with Gasteiger partial charge in [-0.05, 0) is 25.1 Å². The normalized spacial score (nSPS) is 11.9. The second kappa shape index (κ2) is 4.79. The highest BCUT2D eigenvalue weighted by molar-refractivity contribution is 6.32. The smallest absolute Gasteiger partial charge is 0.242 e. The zero-order valence-electron chi connectivity index (χ0n) is 8.03. The van der Waals surface area contributed by atoms with Gasteiger partial charge in [-0.2, -0.15) is 0 Å². The molecule has 0 saturated heterocycles. The zero-order chi connectivity index (χ0) is 11.4. The fourth-order valence-corrected chi connectivity index (χ4v) is 1.01. The van der Waals surface area contributed by atoms with E-state index >= 15 is 0 Å². The van der Waals surface area contributed by atoms with Crippen molar-refractivity contribution in [1.82, 2.24) is 0 Å². The lowest BCUT2D eigenvalue weighted by Gasteiger charge is -2.08. The number of benzene rings is 1. The summed E-state index contributed by atoms with van der Waals surface area (Å²) in [7, 11) is 0. The molecule has 0 aliphatic rings. The van der Waals surface area contributed by atoms with Gasteiger partial charge in [0.2, 0.25) is 5.91 Å². The molecule has 0 aromatic heterocycles. The van der Waals surface area contributed by atoms with Gasteiger partial charge in [0.25, 0.3) is 0 Å². The summed E-state index contributed by atoms with van der Waals surface area (Å²) in [6.45, 7) is 1.51. The Bertz CT molecular complexity index is 390. The fourth-order valence-electron chi connectivity index (χ4n) is 0.959. The number of hydrogen-bond acceptors (Lipinski definition) is 3. The van der Waals surface area contributed by atoms with E-state index in [2.05, 4.69) is 5.32 Å². The number of alkyl halides is 1. The van der Waals surface area contributed by atoms with E-state index in [1.807, 2.05) is 0 Å². The molecule has 1 amide bonds. The average molecular weight is 228 g/mol. The number of rotatable bonds is 3. The van der Waals surface area contributed by atoms with Crippen LogP contribution in [0.15, 0.2) is 18.2 Å². The number of anilines is 1. The van der Waals surface area contributed by atoms with Gasteiger partial charge >= 0.3 is 0 Å². The molecule has 0 spiro atoms. The molecule has 0 heterocycles. The minimum absolute atomic E-state index is 0.105. The van der Waals surface area contributed by atoms with E-state index in [4.69, 9.17) is 11.6 Å². The molecular formula is C10H10ClNO3. The quantitative estimate of drug-likeness (QED) is 0.470. The number of phenols is 1. The fraction of sp³-hybridized carbons (Fsp3) is 0.200. The summed E-state index contributed by atoms with van der Waals surface area (Å²) in [6, 6.07) is 4.15. The van der Waals surface area contributed by atoms with Crippen LogP contribution in [0, 0.1) is 0 Å². The van der Waals surface area contributed by atoms with Crippen molar-refractivity contribution in [3.8, 4) is 5.75 Å². The summed E-state index contributed by atoms with van der Waals surface area (Å²) in [5.74, 6) is -0.540. The highest BCUT2D eigenvalue weighted by atomic mass is 35.5. The Morgan fingerprint density at radius 2 is 2.27 bits per heavy atom. The Morgan fingerprint density at radius 3 is 2.80 bits per heavy atom. The first-order valence-electron chi connectivity index (χ1n) is 4.27. The second-order valence-electron chi connectivity index (χ2n) is 3.00. The van der Waals surface area contributed by atoms with Gasteiger partial charge in [-0.15, -0.1) is 11.6 Å². The van der Waals surface area contributed by atoms with Crippen LogP contribution in [0.2, 0.25) is 0 Å². The van der Waals surface area contributed by atoms with E-state index in [0.717, 1.165) is 0 Å². The van der Waals surface area contributed by atoms with Gasteiger partial charge in [0.05, 0.1) is 5.69 Å². The standard InChI is InChI=1S/C10H10ClNO3/c1-6(11)10(15)12-8-4-7(5-13)2-3-9(8)14/h2-6,14H,1H3,(H,12,15). The van der Waals surface area contributed by atoms with Crippen molar-refractivity contribution in [1.29, 1.82) is 0 Å². The summed E-state index contributed by atoms with van der Waals surface area (Å²) in [5.41, 5.74) is 0.544. The first-order valence-corrected chi connectivity index (χ1v) is 4.71. The maximum absolute atomic E-state index is 11.2. The number of halogens is 1. The molecule has 0 fully saturated rings. The lowest BCUT2D eigenvalue weighted by Crippen LogP contribution is -2.20. The largest absolute Gasteiger partial charge is 0.506 e. The Hall–Kier alpha value is -1.55. The Labute approximate surface area is 91.9 Å². The van der Waals surface area contributed by atoms with Crippen LogP contribution in [0.1, 0.15) is 17.3 Å². The van der Waals surface area contributed by atoms with Crippen LogP contribution in [0.3, 0.4) is 0 Å². The van der Waals surface area contributed by atoms with Crippen LogP contribution in [0.25, 0.3) is 0 Å². The van der Waals surface area contributed by atoms with Crippen LogP contribution in [-0.4, -0.2) is 22.7 Å². The van der Waals surface area contributed by atoms with Gasteiger partial charge in [0.1, 0.15) is 17.4 Å². The highest BCUT2D eigenvalue weighted by Crippen LogP contribution is 2.23. The Morgan fingerprint density at radius 1 is 1.60 bits per heavy atom. The molecule has 1 aromatic carbocycles. The number of hydrogen-bond donors (Lipinski definition) is 2. The average Bonchev–Trinajstić information content (AvgIpc) is 2.21. The zero-order valence-corrected chi connectivity index (χ0v) is 8.78. The molecule has 1 atom stereocenters. The molecule has 0 aliphatic heterocycles. The predicted octanol–water partition coefficient (Wildman–Crippen LogP) is 1.77. The third kappa shape index (κ3) is 2.95. The van der Waals surface area contributed by atoms with Crippen molar-refractivity contribution in [2.24, 2.45) is 0 Å². The third-order valence-corrected chi connectivity index (χ3v) is 1.97. The maximum atomic E-state index is 11.2. The van der Waals surface area contributed by atoms with E-state index in [-0.39, 0.29) is 11.4 Å². The first-order chi connectivity index (χ1) is 7.04. The minimum Gasteiger partial charge on any atom is -0.506 e. The molecule has 0 saturated carbocycles. The van der Waals surface area contributed by atoms with Crippen LogP contribution >= 0.6 is 11.6 Å². The van der Waals surface area contributed by atoms with E-state index in [1.165, 1.54) is 25.1 Å². The van der Waals surface area contributed by atoms with Gasteiger partial charge in [0, 0.05) is 5.56 Å². The summed E-state index contributed by atoms with van der Waals surface area (Å²) in [4.78, 5) is 21.7. The predicted molar refractivity (Wildman–Crippen MR) is 57.4 cm³/mol. The number of aromatic hydroxyl groups is 1. The molecule has 0 aliphatic carbocycles. The summed E-state index contributed by atoms with van der Waals surface area (Å²) in [6.07, 6.45) is 0.624. The maximum Gasteiger partial charge on any atom is 0.242 e. The van der Waals surface area contributed by atoms with Gasteiger partial charge in [-0.25, -0.2) is 0 Å². The molecule has 4 nitrogen and oxygen atoms in total. The summed E-state index contributed by atoms with van der Waals surface area (Å²) < 4.78 is 0. The molecule has 80 valence electrons. The second-order valence-corrected chi connectivity index (χ2v) is 3.65. The molecule has 2 N–H and O–H groups in total. The van der Waals surface area contributed by atoms with Crippen LogP contribution in [0.4, 0.5) is 5.69 Å². The number of aldehydes is 1. The Kier molecular flexibility index (Phi) is 3.68. The molecule has 1 rings (SSSR count). The van der Waals surface area contributed by atoms with E-state index in [9.17, 15) is 14.7 Å². The van der Waals surface area contributed by atoms with Crippen molar-refractivity contribution in [2.75, 3.05) is 5.32 Å². The lowest BCUT2D eigenvalue weighted by molar-refractivity contribution is -0.115. The number of amides is 1. The molecule has 5 heteroatoms. The number of carbonyl (C=O) groups excluding carboxylic acids is 2. The number of carbonyl (C=O) groups is 2. The highest BCUT2D eigenvalue weighted by Gasteiger charge is 2.11. The van der Waals surface area contributed by atoms with Gasteiger partial charge < -0.3 is 10.4 Å². The number of nitrogens with one attached hydrogen (secondary N) is 1. The van der Waals surface area contributed by atoms with Crippen molar-refractivity contribution >= 4 is 29.5 Å². The molecular weight excluding hydrogens is 218 g/mol. The van der Waals surface area contributed by atoms with Gasteiger partial charge in [-0.3, -0.25) is 9.59 Å². The SMILES string of the molecule is CC(Cl)C(=O)Nc1cc(C=O)ccc1O. The Balaban J connectivity index is 2.93. The molecule has 0 radical (unpaired) electrons. The molecule has 15 heavy (non-hydrogen) atoms. The van der Waals surface area contributed by atoms with Crippen LogP contribution < -0.4 is 5.32 Å². The minimum atomic E-state index is -0.704.